The number of halogens is 1. The van der Waals surface area contributed by atoms with Gasteiger partial charge in [0.05, 0.1) is 11.4 Å². The van der Waals surface area contributed by atoms with Crippen molar-refractivity contribution in [3.8, 4) is 0 Å². The number of hydrogen-bond donors (Lipinski definition) is 3. The molecule has 0 saturated heterocycles. The van der Waals surface area contributed by atoms with Crippen LogP contribution in [0, 0.1) is 15.4 Å². The van der Waals surface area contributed by atoms with Gasteiger partial charge in [-0.25, -0.2) is 0 Å². The van der Waals surface area contributed by atoms with Crippen LogP contribution in [0.15, 0.2) is 18.2 Å². The Bertz CT molecular complexity index is 397. The number of nitrogens with one attached hydrogen (secondary N) is 1. The third-order valence-electron chi connectivity index (χ3n) is 3.87. The second-order valence-corrected chi connectivity index (χ2v) is 6.35. The summed E-state index contributed by atoms with van der Waals surface area (Å²) >= 11 is 2.26. The number of aliphatic hydroxyl groups excluding tert-OH is 1. The Morgan fingerprint density at radius 1 is 1.28 bits per heavy atom. The molecule has 0 bridgehead atoms. The Labute approximate surface area is 122 Å². The molecule has 2 atom stereocenters. The third-order valence-corrected chi connectivity index (χ3v) is 4.54. The summed E-state index contributed by atoms with van der Waals surface area (Å²) in [7, 11) is 0. The molecule has 2 rings (SSSR count). The number of anilines is 2. The first kappa shape index (κ1) is 13.9. The molecule has 1 aliphatic rings. The lowest BCUT2D eigenvalue weighted by molar-refractivity contribution is 0.141. The van der Waals surface area contributed by atoms with Crippen LogP contribution in [-0.4, -0.2) is 18.3 Å². The summed E-state index contributed by atoms with van der Waals surface area (Å²) in [6, 6.07) is 6.07. The first-order chi connectivity index (χ1) is 8.70. The summed E-state index contributed by atoms with van der Waals surface area (Å²) in [5.41, 5.74) is 7.80. The van der Waals surface area contributed by atoms with Crippen molar-refractivity contribution < 1.29 is 5.11 Å². The molecule has 4 heteroatoms. The van der Waals surface area contributed by atoms with Gasteiger partial charge in [0.2, 0.25) is 0 Å². The van der Waals surface area contributed by atoms with E-state index in [1.807, 2.05) is 12.1 Å². The van der Waals surface area contributed by atoms with Crippen LogP contribution in [0.1, 0.15) is 25.7 Å². The van der Waals surface area contributed by atoms with Crippen LogP contribution in [0.2, 0.25) is 0 Å². The lowest BCUT2D eigenvalue weighted by Gasteiger charge is -2.30. The van der Waals surface area contributed by atoms with E-state index < -0.39 is 0 Å². The minimum absolute atomic E-state index is 0.314. The van der Waals surface area contributed by atoms with Gasteiger partial charge in [0, 0.05) is 16.7 Å². The van der Waals surface area contributed by atoms with Crippen molar-refractivity contribution in [2.24, 2.45) is 11.8 Å². The summed E-state index contributed by atoms with van der Waals surface area (Å²) in [5.74, 6) is 1.03. The molecule has 4 N–H and O–H groups in total. The molecule has 1 aromatic rings. The van der Waals surface area contributed by atoms with Crippen LogP contribution in [0.3, 0.4) is 0 Å². The molecule has 100 valence electrons. The first-order valence-corrected chi connectivity index (χ1v) is 7.68. The average molecular weight is 360 g/mol. The van der Waals surface area contributed by atoms with E-state index >= 15 is 0 Å². The fourth-order valence-corrected chi connectivity index (χ4v) is 3.24. The summed E-state index contributed by atoms with van der Waals surface area (Å²) in [6.45, 7) is 1.23. The molecule has 0 amide bonds. The van der Waals surface area contributed by atoms with Gasteiger partial charge in [-0.2, -0.15) is 0 Å². The Hall–Kier alpha value is -0.490. The highest BCUT2D eigenvalue weighted by atomic mass is 127. The molecular weight excluding hydrogens is 339 g/mol. The fraction of sp³-hybridized carbons (Fsp3) is 0.571. The highest BCUT2D eigenvalue weighted by Crippen LogP contribution is 2.30. The molecule has 1 aliphatic carbocycles. The Balaban J connectivity index is 1.93. The molecule has 0 heterocycles. The van der Waals surface area contributed by atoms with Gasteiger partial charge in [-0.3, -0.25) is 0 Å². The molecule has 0 aromatic heterocycles. The molecule has 1 aromatic carbocycles. The Morgan fingerprint density at radius 2 is 2.00 bits per heavy atom. The van der Waals surface area contributed by atoms with Gasteiger partial charge in [-0.1, -0.05) is 12.8 Å². The maximum absolute atomic E-state index is 9.40. The summed E-state index contributed by atoms with van der Waals surface area (Å²) in [6.07, 6.45) is 4.91. The van der Waals surface area contributed by atoms with Crippen LogP contribution < -0.4 is 11.1 Å². The van der Waals surface area contributed by atoms with Crippen molar-refractivity contribution in [2.75, 3.05) is 24.2 Å². The molecule has 18 heavy (non-hydrogen) atoms. The van der Waals surface area contributed by atoms with E-state index in [2.05, 4.69) is 34.0 Å². The smallest absolute Gasteiger partial charge is 0.0574 e. The second-order valence-electron chi connectivity index (χ2n) is 5.10. The van der Waals surface area contributed by atoms with Gasteiger partial charge >= 0.3 is 0 Å². The summed E-state index contributed by atoms with van der Waals surface area (Å²) < 4.78 is 1.15. The van der Waals surface area contributed by atoms with Gasteiger partial charge < -0.3 is 16.2 Å². The zero-order chi connectivity index (χ0) is 13.0. The Kier molecular flexibility index (Phi) is 5.12. The van der Waals surface area contributed by atoms with Gasteiger partial charge in [-0.05, 0) is 65.5 Å². The van der Waals surface area contributed by atoms with Crippen LogP contribution in [0.4, 0.5) is 11.4 Å². The van der Waals surface area contributed by atoms with Crippen LogP contribution in [0.5, 0.6) is 0 Å². The van der Waals surface area contributed by atoms with E-state index in [0.29, 0.717) is 18.4 Å². The van der Waals surface area contributed by atoms with Crippen LogP contribution in [0.25, 0.3) is 0 Å². The van der Waals surface area contributed by atoms with E-state index in [4.69, 9.17) is 5.73 Å². The van der Waals surface area contributed by atoms with Crippen molar-refractivity contribution in [3.05, 3.63) is 21.8 Å². The predicted octanol–water partition coefficient (Wildman–Crippen LogP) is 3.08. The lowest BCUT2D eigenvalue weighted by Crippen LogP contribution is -2.28. The highest BCUT2D eigenvalue weighted by molar-refractivity contribution is 14.1. The van der Waals surface area contributed by atoms with Gasteiger partial charge in [0.15, 0.2) is 0 Å². The Morgan fingerprint density at radius 3 is 2.67 bits per heavy atom. The van der Waals surface area contributed by atoms with Crippen molar-refractivity contribution in [3.63, 3.8) is 0 Å². The van der Waals surface area contributed by atoms with Crippen molar-refractivity contribution in [1.82, 2.24) is 0 Å². The first-order valence-electron chi connectivity index (χ1n) is 6.60. The number of nitrogen functional groups attached to an aromatic ring is 1. The molecule has 1 saturated carbocycles. The number of aliphatic hydroxyl groups is 1. The molecule has 0 radical (unpaired) electrons. The van der Waals surface area contributed by atoms with Gasteiger partial charge in [0.25, 0.3) is 0 Å². The normalized spacial score (nSPS) is 23.9. The zero-order valence-corrected chi connectivity index (χ0v) is 12.7. The van der Waals surface area contributed by atoms with E-state index in [-0.39, 0.29) is 0 Å². The molecule has 2 unspecified atom stereocenters. The lowest BCUT2D eigenvalue weighted by atomic mass is 9.79. The summed E-state index contributed by atoms with van der Waals surface area (Å²) in [4.78, 5) is 0. The average Bonchev–Trinajstić information content (AvgIpc) is 2.38. The van der Waals surface area contributed by atoms with Gasteiger partial charge in [0.1, 0.15) is 0 Å². The SMILES string of the molecule is Nc1cc(I)ccc1NCC1CCCCC1CO. The molecular formula is C14H21IN2O. The quantitative estimate of drug-likeness (QED) is 0.571. The zero-order valence-electron chi connectivity index (χ0n) is 10.5. The minimum atomic E-state index is 0.314. The number of benzene rings is 1. The fourth-order valence-electron chi connectivity index (χ4n) is 2.73. The van der Waals surface area contributed by atoms with Crippen molar-refractivity contribution in [1.29, 1.82) is 0 Å². The maximum Gasteiger partial charge on any atom is 0.0574 e. The third kappa shape index (κ3) is 3.51. The predicted molar refractivity (Wildman–Crippen MR) is 84.6 cm³/mol. The van der Waals surface area contributed by atoms with Crippen molar-refractivity contribution >= 4 is 34.0 Å². The van der Waals surface area contributed by atoms with Crippen LogP contribution >= 0.6 is 22.6 Å². The largest absolute Gasteiger partial charge is 0.397 e. The standard InChI is InChI=1S/C14H21IN2O/c15-12-5-6-14(13(16)7-12)17-8-10-3-1-2-4-11(10)9-18/h5-7,10-11,17-18H,1-4,8-9,16H2. The second kappa shape index (κ2) is 6.61. The highest BCUT2D eigenvalue weighted by Gasteiger charge is 2.24. The number of nitrogens with two attached hydrogens (primary N) is 1. The van der Waals surface area contributed by atoms with E-state index in [1.54, 1.807) is 0 Å². The van der Waals surface area contributed by atoms with E-state index in [1.165, 1.54) is 19.3 Å². The van der Waals surface area contributed by atoms with E-state index in [9.17, 15) is 5.11 Å². The van der Waals surface area contributed by atoms with Crippen LogP contribution in [-0.2, 0) is 0 Å². The summed E-state index contributed by atoms with van der Waals surface area (Å²) in [5, 5.41) is 12.8. The number of rotatable bonds is 4. The molecule has 0 aliphatic heterocycles. The van der Waals surface area contributed by atoms with E-state index in [0.717, 1.165) is 27.9 Å². The molecule has 3 nitrogen and oxygen atoms in total. The van der Waals surface area contributed by atoms with Crippen molar-refractivity contribution in [2.45, 2.75) is 25.7 Å². The molecule has 0 spiro atoms. The number of hydrogen-bond acceptors (Lipinski definition) is 3. The maximum atomic E-state index is 9.40. The molecule has 1 fully saturated rings. The minimum Gasteiger partial charge on any atom is -0.397 e. The topological polar surface area (TPSA) is 58.3 Å². The van der Waals surface area contributed by atoms with Gasteiger partial charge in [-0.15, -0.1) is 0 Å². The monoisotopic (exact) mass is 360 g/mol.